The molecule has 1 N–H and O–H groups in total. The third kappa shape index (κ3) is 3.03. The molecule has 1 saturated heterocycles. The lowest BCUT2D eigenvalue weighted by atomic mass is 9.93. The van der Waals surface area contributed by atoms with Gasteiger partial charge in [-0.25, -0.2) is 0 Å². The van der Waals surface area contributed by atoms with E-state index in [1.807, 2.05) is 24.0 Å². The van der Waals surface area contributed by atoms with Crippen LogP contribution in [0.5, 0.6) is 5.75 Å². The summed E-state index contributed by atoms with van der Waals surface area (Å²) >= 11 is 0. The molecule has 0 aliphatic carbocycles. The molecule has 146 valence electrons. The number of aromatic nitrogens is 1. The van der Waals surface area contributed by atoms with Crippen molar-refractivity contribution in [1.29, 1.82) is 0 Å². The molecule has 1 aromatic carbocycles. The lowest BCUT2D eigenvalue weighted by molar-refractivity contribution is 0.0748. The number of amides is 2. The number of hydrogen-bond acceptors (Lipinski definition) is 4. The van der Waals surface area contributed by atoms with Crippen LogP contribution < -0.4 is 10.1 Å². The minimum Gasteiger partial charge on any atom is -0.487 e. The van der Waals surface area contributed by atoms with Gasteiger partial charge in [-0.15, -0.1) is 0 Å². The maximum atomic E-state index is 13.1. The van der Waals surface area contributed by atoms with Crippen LogP contribution in [0.25, 0.3) is 0 Å². The van der Waals surface area contributed by atoms with Gasteiger partial charge in [-0.2, -0.15) is 0 Å². The highest BCUT2D eigenvalue weighted by Gasteiger charge is 2.39. The zero-order chi connectivity index (χ0) is 20.0. The molecule has 6 nitrogen and oxygen atoms in total. The van der Waals surface area contributed by atoms with Crippen molar-refractivity contribution in [2.75, 3.05) is 13.6 Å². The zero-order valence-corrected chi connectivity index (χ0v) is 16.7. The molecule has 1 fully saturated rings. The van der Waals surface area contributed by atoms with Crippen molar-refractivity contribution < 1.29 is 14.3 Å². The Hall–Kier alpha value is -2.89. The van der Waals surface area contributed by atoms with Gasteiger partial charge in [0.25, 0.3) is 11.8 Å². The van der Waals surface area contributed by atoms with E-state index in [1.54, 1.807) is 19.3 Å². The van der Waals surface area contributed by atoms with Gasteiger partial charge in [-0.1, -0.05) is 6.07 Å². The van der Waals surface area contributed by atoms with Crippen LogP contribution in [0.15, 0.2) is 24.4 Å². The van der Waals surface area contributed by atoms with Gasteiger partial charge < -0.3 is 15.0 Å². The number of carbonyl (C=O) groups excluding carboxylic acids is 2. The van der Waals surface area contributed by atoms with E-state index >= 15 is 0 Å². The molecule has 2 aliphatic rings. The van der Waals surface area contributed by atoms with Gasteiger partial charge >= 0.3 is 0 Å². The molecule has 4 rings (SSSR count). The smallest absolute Gasteiger partial charge is 0.269 e. The summed E-state index contributed by atoms with van der Waals surface area (Å²) in [5.41, 5.74) is 5.27. The van der Waals surface area contributed by atoms with E-state index < -0.39 is 0 Å². The number of hydrogen-bond donors (Lipinski definition) is 1. The van der Waals surface area contributed by atoms with Gasteiger partial charge in [0.15, 0.2) is 0 Å². The number of pyridine rings is 1. The Morgan fingerprint density at radius 3 is 2.79 bits per heavy atom. The lowest BCUT2D eigenvalue weighted by Gasteiger charge is -2.24. The number of benzene rings is 1. The maximum absolute atomic E-state index is 13.1. The SMILES string of the molecule is CNC(=O)c1ccc(Cc2cc3c(c(C)c2C)O[C@H]2C[C@H](C)N(C2)C3=O)cn1. The first-order valence-electron chi connectivity index (χ1n) is 9.66. The lowest BCUT2D eigenvalue weighted by Crippen LogP contribution is -2.33. The molecule has 2 amide bonds. The molecule has 2 atom stereocenters. The summed E-state index contributed by atoms with van der Waals surface area (Å²) in [5, 5.41) is 2.57. The van der Waals surface area contributed by atoms with Crippen molar-refractivity contribution >= 4 is 11.8 Å². The summed E-state index contributed by atoms with van der Waals surface area (Å²) in [5.74, 6) is 0.586. The van der Waals surface area contributed by atoms with E-state index in [4.69, 9.17) is 4.74 Å². The number of ether oxygens (including phenoxy) is 1. The highest BCUT2D eigenvalue weighted by atomic mass is 16.5. The van der Waals surface area contributed by atoms with E-state index in [9.17, 15) is 9.59 Å². The number of fused-ring (bicyclic) bond motifs is 3. The minimum atomic E-state index is -0.204. The van der Waals surface area contributed by atoms with Crippen molar-refractivity contribution in [1.82, 2.24) is 15.2 Å². The molecule has 0 radical (unpaired) electrons. The number of carbonyl (C=O) groups is 2. The van der Waals surface area contributed by atoms with Crippen LogP contribution in [-0.4, -0.2) is 47.4 Å². The second-order valence-electron chi connectivity index (χ2n) is 7.75. The Kier molecular flexibility index (Phi) is 4.57. The van der Waals surface area contributed by atoms with Crippen LogP contribution in [0, 0.1) is 13.8 Å². The van der Waals surface area contributed by atoms with Crippen molar-refractivity contribution in [2.24, 2.45) is 0 Å². The normalized spacial score (nSPS) is 20.4. The number of nitrogens with one attached hydrogen (secondary N) is 1. The quantitative estimate of drug-likeness (QED) is 0.890. The molecule has 6 heteroatoms. The van der Waals surface area contributed by atoms with E-state index in [2.05, 4.69) is 24.1 Å². The highest BCUT2D eigenvalue weighted by molar-refractivity contribution is 5.98. The summed E-state index contributed by atoms with van der Waals surface area (Å²) in [6.07, 6.45) is 3.32. The van der Waals surface area contributed by atoms with Crippen LogP contribution in [-0.2, 0) is 6.42 Å². The van der Waals surface area contributed by atoms with Crippen LogP contribution in [0.4, 0.5) is 0 Å². The van der Waals surface area contributed by atoms with E-state index in [1.165, 1.54) is 0 Å². The van der Waals surface area contributed by atoms with Gasteiger partial charge in [-0.3, -0.25) is 14.6 Å². The fourth-order valence-electron chi connectivity index (χ4n) is 4.14. The van der Waals surface area contributed by atoms with Crippen LogP contribution in [0.3, 0.4) is 0 Å². The molecule has 0 saturated carbocycles. The van der Waals surface area contributed by atoms with Gasteiger partial charge in [0.1, 0.15) is 17.5 Å². The summed E-state index contributed by atoms with van der Waals surface area (Å²) in [6.45, 7) is 6.83. The predicted octanol–water partition coefficient (Wildman–Crippen LogP) is 2.64. The maximum Gasteiger partial charge on any atom is 0.269 e. The van der Waals surface area contributed by atoms with E-state index in [-0.39, 0.29) is 24.0 Å². The van der Waals surface area contributed by atoms with Crippen molar-refractivity contribution in [2.45, 2.75) is 45.8 Å². The molecule has 2 aromatic rings. The third-order valence-electron chi connectivity index (χ3n) is 5.94. The second-order valence-corrected chi connectivity index (χ2v) is 7.75. The first-order chi connectivity index (χ1) is 13.4. The fourth-order valence-corrected chi connectivity index (χ4v) is 4.14. The third-order valence-corrected chi connectivity index (χ3v) is 5.94. The summed E-state index contributed by atoms with van der Waals surface area (Å²) in [7, 11) is 1.59. The van der Waals surface area contributed by atoms with Crippen molar-refractivity contribution in [3.8, 4) is 5.75 Å². The van der Waals surface area contributed by atoms with Crippen molar-refractivity contribution in [3.63, 3.8) is 0 Å². The Labute approximate surface area is 164 Å². The predicted molar refractivity (Wildman–Crippen MR) is 106 cm³/mol. The molecule has 1 aromatic heterocycles. The molecular weight excluding hydrogens is 354 g/mol. The van der Waals surface area contributed by atoms with E-state index in [0.717, 1.165) is 34.4 Å². The highest BCUT2D eigenvalue weighted by Crippen LogP contribution is 2.37. The molecule has 28 heavy (non-hydrogen) atoms. The molecule has 0 unspecified atom stereocenters. The molecule has 0 spiro atoms. The van der Waals surface area contributed by atoms with Gasteiger partial charge in [0.2, 0.25) is 0 Å². The monoisotopic (exact) mass is 379 g/mol. The van der Waals surface area contributed by atoms with Gasteiger partial charge in [-0.05, 0) is 61.6 Å². The summed E-state index contributed by atoms with van der Waals surface area (Å²) in [4.78, 5) is 31.0. The summed E-state index contributed by atoms with van der Waals surface area (Å²) in [6, 6.07) is 5.81. The average Bonchev–Trinajstić information content (AvgIpc) is 3.00. The Morgan fingerprint density at radius 1 is 1.32 bits per heavy atom. The van der Waals surface area contributed by atoms with Crippen LogP contribution in [0.1, 0.15) is 56.4 Å². The van der Waals surface area contributed by atoms with Crippen LogP contribution in [0.2, 0.25) is 0 Å². The average molecular weight is 379 g/mol. The first kappa shape index (κ1) is 18.5. The van der Waals surface area contributed by atoms with Crippen LogP contribution >= 0.6 is 0 Å². The largest absolute Gasteiger partial charge is 0.487 e. The Bertz CT molecular complexity index is 952. The number of nitrogens with zero attached hydrogens (tertiary/aromatic N) is 2. The first-order valence-corrected chi connectivity index (χ1v) is 9.66. The Morgan fingerprint density at radius 2 is 2.11 bits per heavy atom. The molecular formula is C22H25N3O3. The minimum absolute atomic E-state index is 0.0555. The van der Waals surface area contributed by atoms with Crippen molar-refractivity contribution in [3.05, 3.63) is 57.9 Å². The fraction of sp³-hybridized carbons (Fsp3) is 0.409. The summed E-state index contributed by atoms with van der Waals surface area (Å²) < 4.78 is 6.24. The standard InChI is InChI=1S/C22H25N3O3/c1-12-7-17-11-25(12)22(27)18-9-16(13(2)14(3)20(18)28-17)8-15-5-6-19(24-10-15)21(26)23-4/h5-6,9-10,12,17H,7-8,11H2,1-4H3,(H,23,26)/t12-,17-/m0/s1. The molecule has 3 heterocycles. The zero-order valence-electron chi connectivity index (χ0n) is 16.7. The second kappa shape index (κ2) is 6.93. The number of rotatable bonds is 3. The molecule has 2 bridgehead atoms. The van der Waals surface area contributed by atoms with E-state index in [0.29, 0.717) is 24.2 Å². The van der Waals surface area contributed by atoms with Gasteiger partial charge in [0, 0.05) is 25.7 Å². The topological polar surface area (TPSA) is 71.5 Å². The Balaban J connectivity index is 1.69. The molecule has 2 aliphatic heterocycles. The van der Waals surface area contributed by atoms with Gasteiger partial charge in [0.05, 0.1) is 12.1 Å².